The largest absolute Gasteiger partial charge is 0.294 e. The average Bonchev–Trinajstić information content (AvgIpc) is 3.41. The Hall–Kier alpha value is -5.73. The SMILES string of the molecule is c1ccc(-c2cc(-c3ccccc3)nc(-n3c4ccccc4c4cc5c6ccccc6c6ccccc6c5cc43)c2)cc1. The molecular weight excluding hydrogens is 520 g/mol. The molecule has 0 atom stereocenters. The van der Waals surface area contributed by atoms with Gasteiger partial charge in [-0.1, -0.05) is 127 Å². The first-order chi connectivity index (χ1) is 21.3. The zero-order chi connectivity index (χ0) is 28.3. The first-order valence-corrected chi connectivity index (χ1v) is 14.7. The molecule has 0 aliphatic carbocycles. The van der Waals surface area contributed by atoms with Crippen molar-refractivity contribution in [2.45, 2.75) is 0 Å². The highest BCUT2D eigenvalue weighted by atomic mass is 15.1. The topological polar surface area (TPSA) is 17.8 Å². The first-order valence-electron chi connectivity index (χ1n) is 14.7. The molecule has 0 N–H and O–H groups in total. The smallest absolute Gasteiger partial charge is 0.138 e. The van der Waals surface area contributed by atoms with E-state index in [-0.39, 0.29) is 0 Å². The maximum Gasteiger partial charge on any atom is 0.138 e. The number of hydrogen-bond acceptors (Lipinski definition) is 1. The van der Waals surface area contributed by atoms with Crippen molar-refractivity contribution in [2.75, 3.05) is 0 Å². The van der Waals surface area contributed by atoms with Crippen LogP contribution in [0.2, 0.25) is 0 Å². The zero-order valence-electron chi connectivity index (χ0n) is 23.4. The number of rotatable bonds is 3. The molecule has 43 heavy (non-hydrogen) atoms. The van der Waals surface area contributed by atoms with Crippen LogP contribution in [-0.4, -0.2) is 9.55 Å². The summed E-state index contributed by atoms with van der Waals surface area (Å²) in [6.45, 7) is 0. The van der Waals surface area contributed by atoms with Crippen LogP contribution in [-0.2, 0) is 0 Å². The van der Waals surface area contributed by atoms with Gasteiger partial charge in [-0.25, -0.2) is 4.98 Å². The Kier molecular flexibility index (Phi) is 5.23. The van der Waals surface area contributed by atoms with E-state index in [0.29, 0.717) is 0 Å². The molecule has 0 spiro atoms. The van der Waals surface area contributed by atoms with E-state index in [4.69, 9.17) is 4.98 Å². The second-order valence-electron chi connectivity index (χ2n) is 11.2. The van der Waals surface area contributed by atoms with Crippen molar-refractivity contribution in [3.05, 3.63) is 158 Å². The van der Waals surface area contributed by atoms with E-state index in [0.717, 1.165) is 33.7 Å². The van der Waals surface area contributed by atoms with Crippen molar-refractivity contribution in [2.24, 2.45) is 0 Å². The molecule has 0 aliphatic rings. The lowest BCUT2D eigenvalue weighted by molar-refractivity contribution is 1.09. The highest BCUT2D eigenvalue weighted by Crippen LogP contribution is 2.41. The van der Waals surface area contributed by atoms with Gasteiger partial charge >= 0.3 is 0 Å². The van der Waals surface area contributed by atoms with Gasteiger partial charge in [-0.2, -0.15) is 0 Å². The van der Waals surface area contributed by atoms with E-state index < -0.39 is 0 Å². The third-order valence-corrected chi connectivity index (χ3v) is 8.75. The Balaban J connectivity index is 1.43. The lowest BCUT2D eigenvalue weighted by atomic mass is 9.93. The summed E-state index contributed by atoms with van der Waals surface area (Å²) < 4.78 is 2.35. The van der Waals surface area contributed by atoms with Crippen molar-refractivity contribution in [3.63, 3.8) is 0 Å². The average molecular weight is 547 g/mol. The molecule has 0 fully saturated rings. The standard InChI is InChI=1S/C41H26N2/c1-3-13-27(14-4-1)29-23-38(28-15-5-2-6-16-28)42-41(24-29)43-39-22-12-11-21-34(39)37-25-35-32-19-9-7-17-30(32)31-18-8-10-20-33(31)36(35)26-40(37)43/h1-26H. The Bertz CT molecular complexity index is 2430. The minimum Gasteiger partial charge on any atom is -0.294 e. The van der Waals surface area contributed by atoms with Gasteiger partial charge in [-0.05, 0) is 73.8 Å². The number of pyridine rings is 1. The van der Waals surface area contributed by atoms with E-state index in [9.17, 15) is 0 Å². The van der Waals surface area contributed by atoms with Gasteiger partial charge in [0.25, 0.3) is 0 Å². The molecule has 2 nitrogen and oxygen atoms in total. The van der Waals surface area contributed by atoms with Crippen LogP contribution < -0.4 is 0 Å². The highest BCUT2D eigenvalue weighted by molar-refractivity contribution is 6.28. The molecule has 0 unspecified atom stereocenters. The van der Waals surface area contributed by atoms with Crippen LogP contribution in [0.5, 0.6) is 0 Å². The molecule has 2 aromatic heterocycles. The Morgan fingerprint density at radius 1 is 0.326 bits per heavy atom. The minimum absolute atomic E-state index is 0.913. The number of aromatic nitrogens is 2. The fourth-order valence-electron chi connectivity index (χ4n) is 6.80. The number of nitrogens with zero attached hydrogens (tertiary/aromatic N) is 2. The van der Waals surface area contributed by atoms with Gasteiger partial charge in [0.2, 0.25) is 0 Å². The molecule has 0 amide bonds. The Labute approximate surface area is 249 Å². The van der Waals surface area contributed by atoms with Crippen molar-refractivity contribution in [3.8, 4) is 28.2 Å². The van der Waals surface area contributed by atoms with Gasteiger partial charge in [0.1, 0.15) is 5.82 Å². The molecule has 2 heterocycles. The number of hydrogen-bond donors (Lipinski definition) is 0. The molecule has 7 aromatic carbocycles. The number of benzene rings is 7. The zero-order valence-corrected chi connectivity index (χ0v) is 23.4. The van der Waals surface area contributed by atoms with E-state index in [1.165, 1.54) is 48.7 Å². The van der Waals surface area contributed by atoms with Crippen LogP contribution in [0.25, 0.3) is 82.3 Å². The van der Waals surface area contributed by atoms with Crippen LogP contribution in [0.1, 0.15) is 0 Å². The van der Waals surface area contributed by atoms with Crippen molar-refractivity contribution < 1.29 is 0 Å². The van der Waals surface area contributed by atoms with Crippen molar-refractivity contribution in [1.82, 2.24) is 9.55 Å². The van der Waals surface area contributed by atoms with Gasteiger partial charge in [0, 0.05) is 16.3 Å². The fraction of sp³-hybridized carbons (Fsp3) is 0. The van der Waals surface area contributed by atoms with E-state index in [1.54, 1.807) is 0 Å². The summed E-state index contributed by atoms with van der Waals surface area (Å²) in [6.07, 6.45) is 0. The Morgan fingerprint density at radius 3 is 1.49 bits per heavy atom. The predicted octanol–water partition coefficient (Wildman–Crippen LogP) is 11.0. The number of fused-ring (bicyclic) bond motifs is 9. The summed E-state index contributed by atoms with van der Waals surface area (Å²) >= 11 is 0. The molecular formula is C41H26N2. The van der Waals surface area contributed by atoms with Gasteiger partial charge in [0.05, 0.1) is 16.7 Å². The molecule has 0 saturated carbocycles. The quantitative estimate of drug-likeness (QED) is 0.202. The molecule has 9 aromatic rings. The third-order valence-electron chi connectivity index (χ3n) is 8.75. The van der Waals surface area contributed by atoms with E-state index in [2.05, 4.69) is 162 Å². The summed E-state index contributed by atoms with van der Waals surface area (Å²) in [4.78, 5) is 5.33. The molecule has 0 radical (unpaired) electrons. The van der Waals surface area contributed by atoms with Gasteiger partial charge in [-0.3, -0.25) is 4.57 Å². The maximum atomic E-state index is 5.33. The van der Waals surface area contributed by atoms with Crippen molar-refractivity contribution in [1.29, 1.82) is 0 Å². The molecule has 0 aliphatic heterocycles. The van der Waals surface area contributed by atoms with Gasteiger partial charge in [0.15, 0.2) is 0 Å². The summed E-state index contributed by atoms with van der Waals surface area (Å²) in [5.74, 6) is 0.913. The van der Waals surface area contributed by atoms with Crippen LogP contribution in [0.4, 0.5) is 0 Å². The van der Waals surface area contributed by atoms with Gasteiger partial charge < -0.3 is 0 Å². The highest BCUT2D eigenvalue weighted by Gasteiger charge is 2.18. The fourth-order valence-corrected chi connectivity index (χ4v) is 6.80. The number of para-hydroxylation sites is 1. The maximum absolute atomic E-state index is 5.33. The second kappa shape index (κ2) is 9.40. The van der Waals surface area contributed by atoms with Crippen LogP contribution >= 0.6 is 0 Å². The van der Waals surface area contributed by atoms with Crippen LogP contribution in [0.3, 0.4) is 0 Å². The van der Waals surface area contributed by atoms with E-state index in [1.807, 2.05) is 0 Å². The lowest BCUT2D eigenvalue weighted by Gasteiger charge is -2.14. The minimum atomic E-state index is 0.913. The molecule has 200 valence electrons. The van der Waals surface area contributed by atoms with Crippen LogP contribution in [0.15, 0.2) is 158 Å². The third kappa shape index (κ3) is 3.70. The predicted molar refractivity (Wildman–Crippen MR) is 182 cm³/mol. The van der Waals surface area contributed by atoms with Crippen LogP contribution in [0, 0.1) is 0 Å². The monoisotopic (exact) mass is 546 g/mol. The summed E-state index contributed by atoms with van der Waals surface area (Å²) in [5, 5.41) is 10.1. The summed E-state index contributed by atoms with van der Waals surface area (Å²) in [5.41, 5.74) is 6.69. The normalized spacial score (nSPS) is 11.7. The Morgan fingerprint density at radius 2 is 0.837 bits per heavy atom. The molecule has 2 heteroatoms. The molecule has 0 saturated heterocycles. The first kappa shape index (κ1) is 23.9. The second-order valence-corrected chi connectivity index (χ2v) is 11.2. The van der Waals surface area contributed by atoms with Gasteiger partial charge in [-0.15, -0.1) is 0 Å². The lowest BCUT2D eigenvalue weighted by Crippen LogP contribution is -2.00. The molecule has 0 bridgehead atoms. The molecule has 9 rings (SSSR count). The van der Waals surface area contributed by atoms with Crippen molar-refractivity contribution >= 4 is 54.1 Å². The van der Waals surface area contributed by atoms with E-state index >= 15 is 0 Å². The summed E-state index contributed by atoms with van der Waals surface area (Å²) in [6, 6.07) is 56.6. The summed E-state index contributed by atoms with van der Waals surface area (Å²) in [7, 11) is 0.